The van der Waals surface area contributed by atoms with Gasteiger partial charge in [-0.3, -0.25) is 19.8 Å². The van der Waals surface area contributed by atoms with Gasteiger partial charge in [0.1, 0.15) is 23.7 Å². The highest BCUT2D eigenvalue weighted by Gasteiger charge is 2.29. The van der Waals surface area contributed by atoms with Crippen LogP contribution in [-0.4, -0.2) is 68.0 Å². The lowest BCUT2D eigenvalue weighted by molar-refractivity contribution is -0.385. The van der Waals surface area contributed by atoms with Gasteiger partial charge in [0.25, 0.3) is 11.6 Å². The number of ether oxygens (including phenoxy) is 3. The molecule has 9 nitrogen and oxygen atoms in total. The van der Waals surface area contributed by atoms with E-state index in [2.05, 4.69) is 15.0 Å². The second-order valence-corrected chi connectivity index (χ2v) is 7.47. The Kier molecular flexibility index (Phi) is 8.66. The van der Waals surface area contributed by atoms with E-state index < -0.39 is 34.9 Å². The molecule has 0 spiro atoms. The number of hydrogen-bond donors (Lipinski definition) is 1. The molecule has 12 heteroatoms. The molecular weight excluding hydrogens is 459 g/mol. The van der Waals surface area contributed by atoms with Crippen LogP contribution in [0.15, 0.2) is 42.5 Å². The van der Waals surface area contributed by atoms with E-state index in [9.17, 15) is 28.1 Å². The molecule has 2 aromatic rings. The first-order valence-corrected chi connectivity index (χ1v) is 10.5. The molecule has 34 heavy (non-hydrogen) atoms. The van der Waals surface area contributed by atoms with E-state index in [-0.39, 0.29) is 12.3 Å². The first-order valence-electron chi connectivity index (χ1n) is 10.5. The minimum atomic E-state index is -4.58. The molecule has 0 aliphatic carbocycles. The molecule has 184 valence electrons. The van der Waals surface area contributed by atoms with E-state index in [4.69, 9.17) is 9.47 Å². The van der Waals surface area contributed by atoms with Crippen molar-refractivity contribution in [2.24, 2.45) is 0 Å². The summed E-state index contributed by atoms with van der Waals surface area (Å²) >= 11 is 0. The van der Waals surface area contributed by atoms with Gasteiger partial charge in [-0.1, -0.05) is 12.1 Å². The zero-order valence-electron chi connectivity index (χ0n) is 18.2. The Balaban J connectivity index is 1.58. The van der Waals surface area contributed by atoms with Crippen LogP contribution < -0.4 is 14.8 Å². The van der Waals surface area contributed by atoms with Crippen molar-refractivity contribution < 1.29 is 37.1 Å². The summed E-state index contributed by atoms with van der Waals surface area (Å²) in [6.07, 6.45) is -4.58. The second-order valence-electron chi connectivity index (χ2n) is 7.47. The first-order chi connectivity index (χ1) is 16.2. The third-order valence-corrected chi connectivity index (χ3v) is 4.94. The van der Waals surface area contributed by atoms with Gasteiger partial charge in [0.15, 0.2) is 6.61 Å². The number of nitrogens with zero attached hydrogens (tertiary/aromatic N) is 2. The van der Waals surface area contributed by atoms with E-state index >= 15 is 0 Å². The second kappa shape index (κ2) is 11.7. The van der Waals surface area contributed by atoms with Crippen molar-refractivity contribution in [3.63, 3.8) is 0 Å². The van der Waals surface area contributed by atoms with Gasteiger partial charge in [-0.05, 0) is 29.8 Å². The summed E-state index contributed by atoms with van der Waals surface area (Å²) in [4.78, 5) is 25.3. The molecule has 2 aromatic carbocycles. The van der Waals surface area contributed by atoms with E-state index in [1.807, 2.05) is 0 Å². The first kappa shape index (κ1) is 25.2. The lowest BCUT2D eigenvalue weighted by atomic mass is 10.1. The molecule has 1 aliphatic heterocycles. The molecule has 1 amide bonds. The number of benzene rings is 2. The van der Waals surface area contributed by atoms with Crippen LogP contribution in [0.5, 0.6) is 11.5 Å². The summed E-state index contributed by atoms with van der Waals surface area (Å²) < 4.78 is 52.8. The summed E-state index contributed by atoms with van der Waals surface area (Å²) in [5.74, 6) is -0.514. The third kappa shape index (κ3) is 7.89. The Morgan fingerprint density at radius 1 is 1.12 bits per heavy atom. The Bertz CT molecular complexity index is 996. The van der Waals surface area contributed by atoms with Crippen molar-refractivity contribution >= 4 is 11.6 Å². The van der Waals surface area contributed by atoms with Crippen LogP contribution in [0.4, 0.5) is 18.9 Å². The molecule has 0 bridgehead atoms. The fraction of sp³-hybridized carbons (Fsp3) is 0.409. The molecule has 0 unspecified atom stereocenters. The Labute approximate surface area is 193 Å². The number of nitro benzene ring substituents is 1. The monoisotopic (exact) mass is 483 g/mol. The third-order valence-electron chi connectivity index (χ3n) is 4.94. The van der Waals surface area contributed by atoms with Crippen molar-refractivity contribution in [2.75, 3.05) is 46.1 Å². The van der Waals surface area contributed by atoms with Gasteiger partial charge >= 0.3 is 6.18 Å². The van der Waals surface area contributed by atoms with Crippen LogP contribution in [-0.2, 0) is 11.3 Å². The number of halogens is 3. The molecule has 0 saturated carbocycles. The number of morpholine rings is 1. The summed E-state index contributed by atoms with van der Waals surface area (Å²) in [6, 6.07) is 9.87. The fourth-order valence-electron chi connectivity index (χ4n) is 3.25. The number of nitro groups is 1. The Morgan fingerprint density at radius 3 is 2.56 bits per heavy atom. The van der Waals surface area contributed by atoms with E-state index in [1.54, 1.807) is 24.3 Å². The highest BCUT2D eigenvalue weighted by molar-refractivity contribution is 5.98. The largest absolute Gasteiger partial charge is 0.492 e. The van der Waals surface area contributed by atoms with Crippen molar-refractivity contribution in [3.8, 4) is 11.5 Å². The van der Waals surface area contributed by atoms with Crippen molar-refractivity contribution in [1.29, 1.82) is 0 Å². The maximum absolute atomic E-state index is 12.6. The number of alkyl halides is 3. The standard InChI is InChI=1S/C22H24F3N3O6/c23-22(24,25)15-34-18-4-5-20(28(30)31)19(13-18)21(29)26-14-16-2-1-3-17(12-16)33-11-8-27-6-9-32-10-7-27/h1-5,12-13H,6-11,14-15H2,(H,26,29). The maximum Gasteiger partial charge on any atom is 0.422 e. The van der Waals surface area contributed by atoms with Gasteiger partial charge in [0.05, 0.1) is 18.1 Å². The molecule has 0 radical (unpaired) electrons. The van der Waals surface area contributed by atoms with Crippen LogP contribution in [0, 0.1) is 10.1 Å². The number of carbonyl (C=O) groups is 1. The van der Waals surface area contributed by atoms with Crippen molar-refractivity contribution in [2.45, 2.75) is 12.7 Å². The van der Waals surface area contributed by atoms with E-state index in [1.165, 1.54) is 0 Å². The fourth-order valence-corrected chi connectivity index (χ4v) is 3.25. The summed E-state index contributed by atoms with van der Waals surface area (Å²) in [5, 5.41) is 13.8. The van der Waals surface area contributed by atoms with Gasteiger partial charge in [-0.15, -0.1) is 0 Å². The molecule has 1 aliphatic rings. The summed E-state index contributed by atoms with van der Waals surface area (Å²) in [5.41, 5.74) is -0.260. The number of carbonyl (C=O) groups excluding carboxylic acids is 1. The molecule has 0 atom stereocenters. The van der Waals surface area contributed by atoms with Crippen molar-refractivity contribution in [1.82, 2.24) is 10.2 Å². The molecule has 3 rings (SSSR count). The predicted octanol–water partition coefficient (Wildman–Crippen LogP) is 3.18. The summed E-state index contributed by atoms with van der Waals surface area (Å²) in [7, 11) is 0. The highest BCUT2D eigenvalue weighted by Crippen LogP contribution is 2.26. The normalized spacial score (nSPS) is 14.4. The maximum atomic E-state index is 12.6. The Morgan fingerprint density at radius 2 is 1.85 bits per heavy atom. The smallest absolute Gasteiger partial charge is 0.422 e. The average molecular weight is 483 g/mol. The molecule has 1 heterocycles. The predicted molar refractivity (Wildman–Crippen MR) is 115 cm³/mol. The van der Waals surface area contributed by atoms with E-state index in [0.29, 0.717) is 31.1 Å². The van der Waals surface area contributed by atoms with Gasteiger partial charge < -0.3 is 19.5 Å². The lowest BCUT2D eigenvalue weighted by Gasteiger charge is -2.26. The quantitative estimate of drug-likeness (QED) is 0.409. The molecule has 0 aromatic heterocycles. The minimum Gasteiger partial charge on any atom is -0.492 e. The van der Waals surface area contributed by atoms with Gasteiger partial charge in [0.2, 0.25) is 0 Å². The van der Waals surface area contributed by atoms with Gasteiger partial charge in [-0.2, -0.15) is 13.2 Å². The average Bonchev–Trinajstić information content (AvgIpc) is 2.81. The molecule has 1 saturated heterocycles. The number of amides is 1. The molecule has 1 N–H and O–H groups in total. The number of hydrogen-bond acceptors (Lipinski definition) is 7. The van der Waals surface area contributed by atoms with Crippen LogP contribution in [0.25, 0.3) is 0 Å². The Hall–Kier alpha value is -3.38. The minimum absolute atomic E-state index is 0.0320. The molecule has 1 fully saturated rings. The SMILES string of the molecule is O=C(NCc1cccc(OCCN2CCOCC2)c1)c1cc(OCC(F)(F)F)ccc1[N+](=O)[O-]. The summed E-state index contributed by atoms with van der Waals surface area (Å²) in [6.45, 7) is 2.78. The topological polar surface area (TPSA) is 103 Å². The number of nitrogens with one attached hydrogen (secondary N) is 1. The van der Waals surface area contributed by atoms with Crippen LogP contribution in [0.2, 0.25) is 0 Å². The van der Waals surface area contributed by atoms with Crippen LogP contribution >= 0.6 is 0 Å². The van der Waals surface area contributed by atoms with Crippen molar-refractivity contribution in [3.05, 3.63) is 63.7 Å². The number of rotatable bonds is 10. The molecular formula is C22H24F3N3O6. The van der Waals surface area contributed by atoms with Gasteiger partial charge in [-0.25, -0.2) is 0 Å². The van der Waals surface area contributed by atoms with Gasteiger partial charge in [0, 0.05) is 32.2 Å². The highest BCUT2D eigenvalue weighted by atomic mass is 19.4. The van der Waals surface area contributed by atoms with Crippen LogP contribution in [0.3, 0.4) is 0 Å². The lowest BCUT2D eigenvalue weighted by Crippen LogP contribution is -2.38. The zero-order chi connectivity index (χ0) is 24.6. The zero-order valence-corrected chi connectivity index (χ0v) is 18.2. The van der Waals surface area contributed by atoms with Crippen LogP contribution in [0.1, 0.15) is 15.9 Å². The van der Waals surface area contributed by atoms with E-state index in [0.717, 1.165) is 37.8 Å².